The molecule has 0 aromatic heterocycles. The maximum absolute atomic E-state index is 11.2. The molecule has 0 bridgehead atoms. The minimum atomic E-state index is 0.0444. The van der Waals surface area contributed by atoms with Gasteiger partial charge >= 0.3 is 0 Å². The Kier molecular flexibility index (Phi) is 3.45. The highest BCUT2D eigenvalue weighted by atomic mass is 16.5. The standard InChI is InChI=1S/C13H22O2/c1-2-13(8-5-12(14)6-9-13)15-10-7-11-3-4-11/h11H,2-10H2,1H3. The molecule has 0 aromatic carbocycles. The van der Waals surface area contributed by atoms with Crippen LogP contribution in [0.25, 0.3) is 0 Å². The first kappa shape index (κ1) is 11.1. The molecule has 0 aromatic rings. The van der Waals surface area contributed by atoms with Crippen LogP contribution in [-0.2, 0) is 9.53 Å². The van der Waals surface area contributed by atoms with Crippen molar-refractivity contribution in [2.75, 3.05) is 6.61 Å². The van der Waals surface area contributed by atoms with Crippen LogP contribution in [0.3, 0.4) is 0 Å². The lowest BCUT2D eigenvalue weighted by Crippen LogP contribution is -2.37. The van der Waals surface area contributed by atoms with E-state index in [0.717, 1.165) is 44.6 Å². The highest BCUT2D eigenvalue weighted by molar-refractivity contribution is 5.79. The van der Waals surface area contributed by atoms with Crippen molar-refractivity contribution in [1.29, 1.82) is 0 Å². The lowest BCUT2D eigenvalue weighted by atomic mass is 9.82. The van der Waals surface area contributed by atoms with E-state index < -0.39 is 0 Å². The van der Waals surface area contributed by atoms with Crippen molar-refractivity contribution in [3.63, 3.8) is 0 Å². The van der Waals surface area contributed by atoms with Crippen LogP contribution in [0.15, 0.2) is 0 Å². The Labute approximate surface area is 92.4 Å². The van der Waals surface area contributed by atoms with E-state index >= 15 is 0 Å². The normalized spacial score (nSPS) is 25.5. The van der Waals surface area contributed by atoms with Gasteiger partial charge in [-0.05, 0) is 31.6 Å². The molecule has 0 unspecified atom stereocenters. The molecule has 0 aliphatic heterocycles. The van der Waals surface area contributed by atoms with Crippen LogP contribution in [0.2, 0.25) is 0 Å². The van der Waals surface area contributed by atoms with Crippen molar-refractivity contribution in [2.24, 2.45) is 5.92 Å². The fraction of sp³-hybridized carbons (Fsp3) is 0.923. The third kappa shape index (κ3) is 3.04. The summed E-state index contributed by atoms with van der Waals surface area (Å²) in [5, 5.41) is 0. The van der Waals surface area contributed by atoms with E-state index in [1.165, 1.54) is 19.3 Å². The smallest absolute Gasteiger partial charge is 0.133 e. The Morgan fingerprint density at radius 2 is 2.00 bits per heavy atom. The van der Waals surface area contributed by atoms with Gasteiger partial charge in [0.1, 0.15) is 5.78 Å². The van der Waals surface area contributed by atoms with Crippen LogP contribution in [-0.4, -0.2) is 18.0 Å². The zero-order valence-corrected chi connectivity index (χ0v) is 9.76. The fourth-order valence-electron chi connectivity index (χ4n) is 2.43. The molecule has 0 atom stereocenters. The first-order chi connectivity index (χ1) is 7.24. The highest BCUT2D eigenvalue weighted by Gasteiger charge is 2.34. The minimum absolute atomic E-state index is 0.0444. The number of ether oxygens (including phenoxy) is 1. The van der Waals surface area contributed by atoms with Crippen LogP contribution in [0.4, 0.5) is 0 Å². The average molecular weight is 210 g/mol. The van der Waals surface area contributed by atoms with Gasteiger partial charge in [0, 0.05) is 19.4 Å². The molecule has 2 heteroatoms. The Balaban J connectivity index is 1.75. The molecule has 2 aliphatic rings. The molecule has 0 heterocycles. The first-order valence-electron chi connectivity index (χ1n) is 6.40. The zero-order valence-electron chi connectivity index (χ0n) is 9.76. The Bertz CT molecular complexity index is 221. The number of Topliss-reactive ketones (excluding diaryl/α,β-unsaturated/α-hetero) is 1. The quantitative estimate of drug-likeness (QED) is 0.697. The Hall–Kier alpha value is -0.370. The molecule has 0 N–H and O–H groups in total. The van der Waals surface area contributed by atoms with Crippen LogP contribution >= 0.6 is 0 Å². The molecule has 0 amide bonds. The van der Waals surface area contributed by atoms with E-state index in [9.17, 15) is 4.79 Å². The minimum Gasteiger partial charge on any atom is -0.375 e. The predicted molar refractivity (Wildman–Crippen MR) is 59.8 cm³/mol. The van der Waals surface area contributed by atoms with E-state index in [-0.39, 0.29) is 5.60 Å². The molecular formula is C13H22O2. The van der Waals surface area contributed by atoms with Crippen molar-refractivity contribution in [2.45, 2.75) is 63.9 Å². The van der Waals surface area contributed by atoms with Crippen LogP contribution in [0.5, 0.6) is 0 Å². The van der Waals surface area contributed by atoms with E-state index in [0.29, 0.717) is 5.78 Å². The maximum Gasteiger partial charge on any atom is 0.133 e. The van der Waals surface area contributed by atoms with Gasteiger partial charge in [-0.25, -0.2) is 0 Å². The van der Waals surface area contributed by atoms with Crippen LogP contribution < -0.4 is 0 Å². The Morgan fingerprint density at radius 1 is 1.33 bits per heavy atom. The van der Waals surface area contributed by atoms with Crippen molar-refractivity contribution >= 4 is 5.78 Å². The number of rotatable bonds is 5. The zero-order chi connectivity index (χ0) is 10.7. The highest BCUT2D eigenvalue weighted by Crippen LogP contribution is 2.36. The van der Waals surface area contributed by atoms with E-state index in [2.05, 4.69) is 6.92 Å². The summed E-state index contributed by atoms with van der Waals surface area (Å²) in [5.41, 5.74) is 0.0444. The molecular weight excluding hydrogens is 188 g/mol. The van der Waals surface area contributed by atoms with Gasteiger partial charge < -0.3 is 4.74 Å². The summed E-state index contributed by atoms with van der Waals surface area (Å²) in [7, 11) is 0. The second-order valence-electron chi connectivity index (χ2n) is 5.16. The maximum atomic E-state index is 11.2. The lowest BCUT2D eigenvalue weighted by Gasteiger charge is -2.36. The third-order valence-electron chi connectivity index (χ3n) is 3.99. The van der Waals surface area contributed by atoms with Crippen molar-refractivity contribution in [3.05, 3.63) is 0 Å². The molecule has 0 radical (unpaired) electrons. The Morgan fingerprint density at radius 3 is 2.53 bits per heavy atom. The van der Waals surface area contributed by atoms with Gasteiger partial charge in [-0.2, -0.15) is 0 Å². The third-order valence-corrected chi connectivity index (χ3v) is 3.99. The van der Waals surface area contributed by atoms with Crippen molar-refractivity contribution in [3.8, 4) is 0 Å². The summed E-state index contributed by atoms with van der Waals surface area (Å²) in [6.45, 7) is 3.10. The second-order valence-corrected chi connectivity index (χ2v) is 5.16. The largest absolute Gasteiger partial charge is 0.375 e. The molecule has 2 fully saturated rings. The fourth-order valence-corrected chi connectivity index (χ4v) is 2.43. The molecule has 2 nitrogen and oxygen atoms in total. The number of carbonyl (C=O) groups excluding carboxylic acids is 1. The lowest BCUT2D eigenvalue weighted by molar-refractivity contribution is -0.130. The molecule has 2 rings (SSSR count). The van der Waals surface area contributed by atoms with Gasteiger partial charge in [0.05, 0.1) is 5.60 Å². The molecule has 0 spiro atoms. The summed E-state index contributed by atoms with van der Waals surface area (Å²) in [4.78, 5) is 11.2. The van der Waals surface area contributed by atoms with Gasteiger partial charge in [0.25, 0.3) is 0 Å². The van der Waals surface area contributed by atoms with Gasteiger partial charge in [-0.3, -0.25) is 4.79 Å². The molecule has 0 saturated heterocycles. The number of hydrogen-bond acceptors (Lipinski definition) is 2. The second kappa shape index (κ2) is 4.65. The first-order valence-corrected chi connectivity index (χ1v) is 6.40. The molecule has 2 aliphatic carbocycles. The molecule has 15 heavy (non-hydrogen) atoms. The van der Waals surface area contributed by atoms with Gasteiger partial charge in [-0.1, -0.05) is 19.8 Å². The van der Waals surface area contributed by atoms with Gasteiger partial charge in [0.15, 0.2) is 0 Å². The summed E-state index contributed by atoms with van der Waals surface area (Å²) >= 11 is 0. The average Bonchev–Trinajstić information content (AvgIpc) is 3.06. The number of ketones is 1. The summed E-state index contributed by atoms with van der Waals surface area (Å²) in [5.74, 6) is 1.37. The van der Waals surface area contributed by atoms with Gasteiger partial charge in [0.2, 0.25) is 0 Å². The summed E-state index contributed by atoms with van der Waals surface area (Å²) in [6, 6.07) is 0. The van der Waals surface area contributed by atoms with E-state index in [4.69, 9.17) is 4.74 Å². The monoisotopic (exact) mass is 210 g/mol. The topological polar surface area (TPSA) is 26.3 Å². The SMILES string of the molecule is CCC1(OCCC2CC2)CCC(=O)CC1. The van der Waals surface area contributed by atoms with Crippen molar-refractivity contribution in [1.82, 2.24) is 0 Å². The van der Waals surface area contributed by atoms with E-state index in [1.54, 1.807) is 0 Å². The van der Waals surface area contributed by atoms with E-state index in [1.807, 2.05) is 0 Å². The van der Waals surface area contributed by atoms with Crippen LogP contribution in [0, 0.1) is 5.92 Å². The summed E-state index contributed by atoms with van der Waals surface area (Å²) in [6.07, 6.45) is 8.47. The van der Waals surface area contributed by atoms with Crippen LogP contribution in [0.1, 0.15) is 58.3 Å². The summed E-state index contributed by atoms with van der Waals surface area (Å²) < 4.78 is 6.07. The molecule has 2 saturated carbocycles. The van der Waals surface area contributed by atoms with Crippen molar-refractivity contribution < 1.29 is 9.53 Å². The predicted octanol–water partition coefficient (Wildman–Crippen LogP) is 3.10. The molecule has 86 valence electrons. The number of carbonyl (C=O) groups is 1. The number of hydrogen-bond donors (Lipinski definition) is 0. The van der Waals surface area contributed by atoms with Gasteiger partial charge in [-0.15, -0.1) is 0 Å².